The van der Waals surface area contributed by atoms with Crippen molar-refractivity contribution in [2.75, 3.05) is 24.5 Å². The Labute approximate surface area is 144 Å². The number of hydrogen-bond donors (Lipinski definition) is 0. The van der Waals surface area contributed by atoms with Crippen LogP contribution in [-0.2, 0) is 16.4 Å². The minimum Gasteiger partial charge on any atom is -0.326 e. The number of anilines is 2. The van der Waals surface area contributed by atoms with Crippen LogP contribution in [0, 0.1) is 0 Å². The molecule has 1 aliphatic heterocycles. The first-order valence-electron chi connectivity index (χ1n) is 8.39. The van der Waals surface area contributed by atoms with E-state index in [0.717, 1.165) is 30.9 Å². The van der Waals surface area contributed by atoms with E-state index in [4.69, 9.17) is 0 Å². The SMILES string of the molecule is CCN(CC)S(=O)(=O)c1ccc(N2CCCc3ccccc32)nc1. The van der Waals surface area contributed by atoms with Crippen LogP contribution in [0.4, 0.5) is 11.5 Å². The highest BCUT2D eigenvalue weighted by atomic mass is 32.2. The predicted octanol–water partition coefficient (Wildman–Crippen LogP) is 3.20. The van der Waals surface area contributed by atoms with E-state index in [-0.39, 0.29) is 4.90 Å². The van der Waals surface area contributed by atoms with Crippen molar-refractivity contribution in [1.82, 2.24) is 9.29 Å². The van der Waals surface area contributed by atoms with Crippen LogP contribution in [0.3, 0.4) is 0 Å². The molecule has 24 heavy (non-hydrogen) atoms. The summed E-state index contributed by atoms with van der Waals surface area (Å²) in [4.78, 5) is 6.85. The van der Waals surface area contributed by atoms with Crippen molar-refractivity contribution < 1.29 is 8.42 Å². The molecule has 0 bridgehead atoms. The van der Waals surface area contributed by atoms with Gasteiger partial charge in [-0.1, -0.05) is 32.0 Å². The second-order valence-corrected chi connectivity index (χ2v) is 7.76. The number of benzene rings is 1. The van der Waals surface area contributed by atoms with Crippen LogP contribution in [0.2, 0.25) is 0 Å². The van der Waals surface area contributed by atoms with Gasteiger partial charge in [-0.05, 0) is 36.6 Å². The van der Waals surface area contributed by atoms with Gasteiger partial charge in [-0.2, -0.15) is 4.31 Å². The standard InChI is InChI=1S/C18H23N3O2S/c1-3-20(4-2)24(22,23)16-11-12-18(19-14-16)21-13-7-9-15-8-5-6-10-17(15)21/h5-6,8,10-12,14H,3-4,7,9,13H2,1-2H3. The summed E-state index contributed by atoms with van der Waals surface area (Å²) in [6.45, 7) is 5.49. The normalized spacial score (nSPS) is 14.7. The van der Waals surface area contributed by atoms with Gasteiger partial charge in [0, 0.05) is 31.5 Å². The Balaban J connectivity index is 1.91. The fraction of sp³-hybridized carbons (Fsp3) is 0.389. The first-order chi connectivity index (χ1) is 11.6. The molecule has 0 atom stereocenters. The maximum absolute atomic E-state index is 12.6. The van der Waals surface area contributed by atoms with Crippen LogP contribution in [0.15, 0.2) is 47.5 Å². The third-order valence-corrected chi connectivity index (χ3v) is 6.48. The molecule has 1 aromatic heterocycles. The third-order valence-electron chi connectivity index (χ3n) is 4.45. The summed E-state index contributed by atoms with van der Waals surface area (Å²) in [5, 5.41) is 0. The maximum Gasteiger partial charge on any atom is 0.244 e. The summed E-state index contributed by atoms with van der Waals surface area (Å²) in [7, 11) is -3.46. The lowest BCUT2D eigenvalue weighted by Crippen LogP contribution is -2.31. The van der Waals surface area contributed by atoms with Crippen LogP contribution in [0.25, 0.3) is 0 Å². The van der Waals surface area contributed by atoms with E-state index in [1.807, 2.05) is 19.9 Å². The van der Waals surface area contributed by atoms with Crippen LogP contribution in [0.1, 0.15) is 25.8 Å². The highest BCUT2D eigenvalue weighted by molar-refractivity contribution is 7.89. The highest BCUT2D eigenvalue weighted by Gasteiger charge is 2.23. The molecule has 0 radical (unpaired) electrons. The molecule has 0 saturated carbocycles. The van der Waals surface area contributed by atoms with Gasteiger partial charge >= 0.3 is 0 Å². The monoisotopic (exact) mass is 345 g/mol. The lowest BCUT2D eigenvalue weighted by molar-refractivity contribution is 0.445. The lowest BCUT2D eigenvalue weighted by Gasteiger charge is -2.30. The lowest BCUT2D eigenvalue weighted by atomic mass is 10.0. The predicted molar refractivity (Wildman–Crippen MR) is 96.1 cm³/mol. The van der Waals surface area contributed by atoms with E-state index < -0.39 is 10.0 Å². The molecule has 3 rings (SSSR count). The second-order valence-electron chi connectivity index (χ2n) is 5.83. The first-order valence-corrected chi connectivity index (χ1v) is 9.83. The van der Waals surface area contributed by atoms with Gasteiger partial charge in [-0.25, -0.2) is 13.4 Å². The largest absolute Gasteiger partial charge is 0.326 e. The fourth-order valence-electron chi connectivity index (χ4n) is 3.17. The van der Waals surface area contributed by atoms with Crippen LogP contribution in [0.5, 0.6) is 0 Å². The van der Waals surface area contributed by atoms with E-state index in [9.17, 15) is 8.42 Å². The van der Waals surface area contributed by atoms with Crippen molar-refractivity contribution in [3.63, 3.8) is 0 Å². The second kappa shape index (κ2) is 6.91. The number of para-hydroxylation sites is 1. The number of pyridine rings is 1. The van der Waals surface area contributed by atoms with Gasteiger partial charge in [0.25, 0.3) is 0 Å². The maximum atomic E-state index is 12.6. The molecule has 0 aliphatic carbocycles. The molecule has 5 nitrogen and oxygen atoms in total. The summed E-state index contributed by atoms with van der Waals surface area (Å²) in [5.74, 6) is 0.792. The Morgan fingerprint density at radius 1 is 1.12 bits per heavy atom. The molecule has 0 spiro atoms. The van der Waals surface area contributed by atoms with Crippen molar-refractivity contribution in [2.24, 2.45) is 0 Å². The number of aromatic nitrogens is 1. The third kappa shape index (κ3) is 3.03. The Bertz CT molecular complexity index is 799. The van der Waals surface area contributed by atoms with Crippen LogP contribution in [-0.4, -0.2) is 37.3 Å². The number of fused-ring (bicyclic) bond motifs is 1. The van der Waals surface area contributed by atoms with Gasteiger partial charge in [0.15, 0.2) is 0 Å². The molecule has 1 aliphatic rings. The van der Waals surface area contributed by atoms with Gasteiger partial charge in [0.05, 0.1) is 0 Å². The topological polar surface area (TPSA) is 53.5 Å². The summed E-state index contributed by atoms with van der Waals surface area (Å²) in [5.41, 5.74) is 2.47. The molecule has 128 valence electrons. The molecule has 1 aromatic carbocycles. The summed E-state index contributed by atoms with van der Waals surface area (Å²) in [6, 6.07) is 11.8. The van der Waals surface area contributed by atoms with Gasteiger partial charge in [-0.15, -0.1) is 0 Å². The van der Waals surface area contributed by atoms with Crippen molar-refractivity contribution in [2.45, 2.75) is 31.6 Å². The molecule has 0 N–H and O–H groups in total. The number of aryl methyl sites for hydroxylation is 1. The summed E-state index contributed by atoms with van der Waals surface area (Å²) >= 11 is 0. The summed E-state index contributed by atoms with van der Waals surface area (Å²) in [6.07, 6.45) is 3.61. The van der Waals surface area contributed by atoms with Crippen LogP contribution < -0.4 is 4.90 Å². The molecule has 0 unspecified atom stereocenters. The Morgan fingerprint density at radius 2 is 1.88 bits per heavy atom. The van der Waals surface area contributed by atoms with Crippen molar-refractivity contribution >= 4 is 21.5 Å². The Morgan fingerprint density at radius 3 is 2.54 bits per heavy atom. The van der Waals surface area contributed by atoms with Gasteiger partial charge in [0.1, 0.15) is 10.7 Å². The number of nitrogens with zero attached hydrogens (tertiary/aromatic N) is 3. The molecule has 2 heterocycles. The average Bonchev–Trinajstić information content (AvgIpc) is 2.62. The number of rotatable bonds is 5. The van der Waals surface area contributed by atoms with Gasteiger partial charge in [0.2, 0.25) is 10.0 Å². The van der Waals surface area contributed by atoms with E-state index in [1.54, 1.807) is 12.1 Å². The van der Waals surface area contributed by atoms with Crippen molar-refractivity contribution in [1.29, 1.82) is 0 Å². The fourth-order valence-corrected chi connectivity index (χ4v) is 4.57. The van der Waals surface area contributed by atoms with Gasteiger partial charge in [-0.3, -0.25) is 0 Å². The molecule has 0 fully saturated rings. The molecule has 2 aromatic rings. The Hall–Kier alpha value is -1.92. The van der Waals surface area contributed by atoms with Gasteiger partial charge < -0.3 is 4.90 Å². The zero-order chi connectivity index (χ0) is 17.2. The molecule has 0 saturated heterocycles. The number of hydrogen-bond acceptors (Lipinski definition) is 4. The molecule has 0 amide bonds. The first kappa shape index (κ1) is 16.9. The highest BCUT2D eigenvalue weighted by Crippen LogP contribution is 2.32. The minimum absolute atomic E-state index is 0.250. The minimum atomic E-state index is -3.46. The number of sulfonamides is 1. The van der Waals surface area contributed by atoms with E-state index in [1.165, 1.54) is 16.1 Å². The average molecular weight is 345 g/mol. The molecular weight excluding hydrogens is 322 g/mol. The van der Waals surface area contributed by atoms with Crippen LogP contribution >= 0.6 is 0 Å². The van der Waals surface area contributed by atoms with E-state index >= 15 is 0 Å². The quantitative estimate of drug-likeness (QED) is 0.835. The zero-order valence-electron chi connectivity index (χ0n) is 14.1. The van der Waals surface area contributed by atoms with Crippen molar-refractivity contribution in [3.8, 4) is 0 Å². The molecule has 6 heteroatoms. The smallest absolute Gasteiger partial charge is 0.244 e. The van der Waals surface area contributed by atoms with Crippen molar-refractivity contribution in [3.05, 3.63) is 48.2 Å². The van der Waals surface area contributed by atoms with E-state index in [2.05, 4.69) is 28.1 Å². The van der Waals surface area contributed by atoms with E-state index in [0.29, 0.717) is 13.1 Å². The molecular formula is C18H23N3O2S. The zero-order valence-corrected chi connectivity index (χ0v) is 15.0. The summed E-state index contributed by atoms with van der Waals surface area (Å²) < 4.78 is 26.5. The Kier molecular flexibility index (Phi) is 4.87.